The number of pyridine rings is 2. The predicted molar refractivity (Wildman–Crippen MR) is 159 cm³/mol. The van der Waals surface area contributed by atoms with E-state index >= 15 is 0 Å². The molecule has 1 aliphatic heterocycles. The molecule has 0 atom stereocenters. The van der Waals surface area contributed by atoms with Gasteiger partial charge in [0.15, 0.2) is 17.2 Å². The molecule has 0 unspecified atom stereocenters. The molecular weight excluding hydrogens is 566 g/mol. The number of ether oxygens (including phenoxy) is 6. The number of aromatic nitrogens is 2. The van der Waals surface area contributed by atoms with E-state index in [1.165, 1.54) is 33.1 Å². The SMILES string of the molecule is COC(=O)c1c(-c2cc(OC)c(OC)c(OC)c2)c2ccc(OCc3cccnc3)cc2c(=O)n1N1CCOCC1.Cl. The smallest absolute Gasteiger partial charge is 0.357 e. The fourth-order valence-electron chi connectivity index (χ4n) is 4.93. The van der Waals surface area contributed by atoms with Crippen LogP contribution < -0.4 is 29.5 Å². The van der Waals surface area contributed by atoms with Gasteiger partial charge in [-0.3, -0.25) is 9.78 Å². The molecule has 4 aromatic rings. The number of carbonyl (C=O) groups is 1. The van der Waals surface area contributed by atoms with Crippen molar-refractivity contribution in [1.82, 2.24) is 9.66 Å². The second-order valence-electron chi connectivity index (χ2n) is 9.17. The van der Waals surface area contributed by atoms with Crippen molar-refractivity contribution >= 4 is 29.1 Å². The molecule has 3 heterocycles. The van der Waals surface area contributed by atoms with Gasteiger partial charge in [-0.25, -0.2) is 9.47 Å². The van der Waals surface area contributed by atoms with Crippen molar-refractivity contribution in [2.75, 3.05) is 59.8 Å². The maximum Gasteiger partial charge on any atom is 0.357 e. The van der Waals surface area contributed by atoms with Gasteiger partial charge in [-0.2, -0.15) is 0 Å². The lowest BCUT2D eigenvalue weighted by molar-refractivity contribution is 0.0580. The summed E-state index contributed by atoms with van der Waals surface area (Å²) in [4.78, 5) is 31.8. The fourth-order valence-corrected chi connectivity index (χ4v) is 4.93. The Morgan fingerprint density at radius 3 is 2.26 bits per heavy atom. The van der Waals surface area contributed by atoms with E-state index in [1.807, 2.05) is 12.1 Å². The van der Waals surface area contributed by atoms with Crippen LogP contribution in [0.5, 0.6) is 23.0 Å². The van der Waals surface area contributed by atoms with E-state index in [0.717, 1.165) is 5.56 Å². The average Bonchev–Trinajstić information content (AvgIpc) is 3.03. The standard InChI is InChI=1S/C30H31N3O8.ClH/c1-36-24-14-20(15-25(37-2)28(24)38-3)26-22-8-7-21(41-18-19-6-5-9-31-17-19)16-23(22)29(34)33(27(26)30(35)39-4)32-10-12-40-13-11-32;/h5-9,14-17H,10-13,18H2,1-4H3;1H. The van der Waals surface area contributed by atoms with Gasteiger partial charge in [0, 0.05) is 23.5 Å². The summed E-state index contributed by atoms with van der Waals surface area (Å²) in [7, 11) is 5.83. The van der Waals surface area contributed by atoms with Crippen molar-refractivity contribution in [3.8, 4) is 34.1 Å². The molecule has 42 heavy (non-hydrogen) atoms. The Hall–Kier alpha value is -4.48. The molecule has 2 aromatic heterocycles. The van der Waals surface area contributed by atoms with Crippen molar-refractivity contribution in [3.05, 3.63) is 76.5 Å². The van der Waals surface area contributed by atoms with Gasteiger partial charge in [0.2, 0.25) is 5.75 Å². The number of benzene rings is 2. The van der Waals surface area contributed by atoms with Crippen LogP contribution in [0.15, 0.2) is 59.7 Å². The number of rotatable bonds is 9. The lowest BCUT2D eigenvalue weighted by Gasteiger charge is -2.33. The Labute approximate surface area is 248 Å². The summed E-state index contributed by atoms with van der Waals surface area (Å²) < 4.78 is 34.9. The van der Waals surface area contributed by atoms with Gasteiger partial charge in [0.25, 0.3) is 5.56 Å². The zero-order valence-electron chi connectivity index (χ0n) is 23.7. The van der Waals surface area contributed by atoms with Crippen LogP contribution >= 0.6 is 12.4 Å². The molecule has 5 rings (SSSR count). The first-order valence-electron chi connectivity index (χ1n) is 13.0. The number of hydrogen-bond donors (Lipinski definition) is 0. The van der Waals surface area contributed by atoms with Crippen LogP contribution in [0.25, 0.3) is 21.9 Å². The van der Waals surface area contributed by atoms with Crippen LogP contribution in [0.3, 0.4) is 0 Å². The second-order valence-corrected chi connectivity index (χ2v) is 9.17. The molecule has 0 spiro atoms. The van der Waals surface area contributed by atoms with E-state index < -0.39 is 5.97 Å². The molecular formula is C30H32ClN3O8. The molecule has 2 aromatic carbocycles. The molecule has 222 valence electrons. The van der Waals surface area contributed by atoms with Crippen LogP contribution in [0.1, 0.15) is 16.1 Å². The Morgan fingerprint density at radius 2 is 1.67 bits per heavy atom. The highest BCUT2D eigenvalue weighted by atomic mass is 35.5. The summed E-state index contributed by atoms with van der Waals surface area (Å²) in [5.74, 6) is 1.01. The Bertz CT molecular complexity index is 1600. The summed E-state index contributed by atoms with van der Waals surface area (Å²) in [6.45, 7) is 1.89. The molecule has 1 aliphatic rings. The number of carbonyl (C=O) groups excluding carboxylic acids is 1. The second kappa shape index (κ2) is 13.5. The molecule has 0 amide bonds. The molecule has 12 heteroatoms. The highest BCUT2D eigenvalue weighted by Crippen LogP contribution is 2.43. The van der Waals surface area contributed by atoms with Gasteiger partial charge in [0.05, 0.1) is 60.1 Å². The number of fused-ring (bicyclic) bond motifs is 1. The molecule has 0 aliphatic carbocycles. The van der Waals surface area contributed by atoms with Crippen molar-refractivity contribution in [1.29, 1.82) is 0 Å². The number of esters is 1. The van der Waals surface area contributed by atoms with Gasteiger partial charge in [-0.05, 0) is 47.3 Å². The number of hydrogen-bond acceptors (Lipinski definition) is 10. The van der Waals surface area contributed by atoms with Crippen molar-refractivity contribution in [2.24, 2.45) is 0 Å². The number of nitrogens with zero attached hydrogens (tertiary/aromatic N) is 3. The quantitative estimate of drug-likeness (QED) is 0.264. The van der Waals surface area contributed by atoms with E-state index in [9.17, 15) is 9.59 Å². The molecule has 0 bridgehead atoms. The van der Waals surface area contributed by atoms with Crippen LogP contribution in [-0.4, -0.2) is 70.4 Å². The largest absolute Gasteiger partial charge is 0.493 e. The average molecular weight is 598 g/mol. The first kappa shape index (κ1) is 30.5. The lowest BCUT2D eigenvalue weighted by atomic mass is 9.96. The van der Waals surface area contributed by atoms with Gasteiger partial charge < -0.3 is 33.4 Å². The molecule has 0 radical (unpaired) electrons. The van der Waals surface area contributed by atoms with E-state index in [4.69, 9.17) is 28.4 Å². The summed E-state index contributed by atoms with van der Waals surface area (Å²) >= 11 is 0. The molecule has 0 N–H and O–H groups in total. The Kier molecular flexibility index (Phi) is 9.76. The third kappa shape index (κ3) is 5.79. The van der Waals surface area contributed by atoms with Crippen molar-refractivity contribution in [3.63, 3.8) is 0 Å². The third-order valence-corrected chi connectivity index (χ3v) is 6.86. The Balaban J connectivity index is 0.00000405. The minimum Gasteiger partial charge on any atom is -0.493 e. The van der Waals surface area contributed by atoms with Crippen molar-refractivity contribution in [2.45, 2.75) is 6.61 Å². The first-order valence-corrected chi connectivity index (χ1v) is 13.0. The van der Waals surface area contributed by atoms with Crippen LogP contribution in [0.4, 0.5) is 0 Å². The van der Waals surface area contributed by atoms with Gasteiger partial charge >= 0.3 is 5.97 Å². The van der Waals surface area contributed by atoms with Crippen LogP contribution in [-0.2, 0) is 16.1 Å². The third-order valence-electron chi connectivity index (χ3n) is 6.86. The number of halogens is 1. The number of methoxy groups -OCH3 is 4. The van der Waals surface area contributed by atoms with Crippen LogP contribution in [0, 0.1) is 0 Å². The van der Waals surface area contributed by atoms with Crippen LogP contribution in [0.2, 0.25) is 0 Å². The zero-order chi connectivity index (χ0) is 28.9. The highest BCUT2D eigenvalue weighted by molar-refractivity contribution is 6.07. The van der Waals surface area contributed by atoms with Crippen molar-refractivity contribution < 1.29 is 33.2 Å². The summed E-state index contributed by atoms with van der Waals surface area (Å²) in [5, 5.41) is 2.68. The topological polar surface area (TPSA) is 111 Å². The maximum atomic E-state index is 14.2. The van der Waals surface area contributed by atoms with E-state index in [1.54, 1.807) is 47.7 Å². The normalized spacial score (nSPS) is 12.8. The molecule has 1 saturated heterocycles. The molecule has 1 fully saturated rings. The lowest BCUT2D eigenvalue weighted by Crippen LogP contribution is -2.51. The van der Waals surface area contributed by atoms with E-state index in [2.05, 4.69) is 4.98 Å². The maximum absolute atomic E-state index is 14.2. The van der Waals surface area contributed by atoms with Gasteiger partial charge in [-0.1, -0.05) is 6.07 Å². The predicted octanol–water partition coefficient (Wildman–Crippen LogP) is 3.84. The van der Waals surface area contributed by atoms with E-state index in [0.29, 0.717) is 71.2 Å². The first-order chi connectivity index (χ1) is 20.0. The van der Waals surface area contributed by atoms with E-state index in [-0.39, 0.29) is 30.3 Å². The summed E-state index contributed by atoms with van der Waals surface area (Å²) in [6.07, 6.45) is 3.41. The van der Waals surface area contributed by atoms with Gasteiger partial charge in [0.1, 0.15) is 12.4 Å². The minimum atomic E-state index is -0.670. The number of morpholine rings is 1. The monoisotopic (exact) mass is 597 g/mol. The minimum absolute atomic E-state index is 0. The highest BCUT2D eigenvalue weighted by Gasteiger charge is 2.29. The van der Waals surface area contributed by atoms with Gasteiger partial charge in [-0.15, -0.1) is 12.4 Å². The zero-order valence-corrected chi connectivity index (χ0v) is 24.6. The summed E-state index contributed by atoms with van der Waals surface area (Å²) in [5.41, 5.74) is 1.61. The summed E-state index contributed by atoms with van der Waals surface area (Å²) in [6, 6.07) is 12.4. The fraction of sp³-hybridized carbons (Fsp3) is 0.300. The molecule has 11 nitrogen and oxygen atoms in total. The molecule has 0 saturated carbocycles. The Morgan fingerprint density at radius 1 is 0.952 bits per heavy atom.